The molecule has 0 N–H and O–H groups in total. The average molecular weight is 338 g/mol. The zero-order chi connectivity index (χ0) is 16.8. The van der Waals surface area contributed by atoms with Crippen LogP contribution < -0.4 is 0 Å². The smallest absolute Gasteiger partial charge is 0.277 e. The van der Waals surface area contributed by atoms with E-state index in [1.165, 1.54) is 23.9 Å². The molecule has 0 amide bonds. The zero-order valence-electron chi connectivity index (χ0n) is 12.3. The van der Waals surface area contributed by atoms with Crippen LogP contribution >= 0.6 is 11.8 Å². The maximum absolute atomic E-state index is 10.9. The van der Waals surface area contributed by atoms with Crippen molar-refractivity contribution in [3.8, 4) is 11.5 Å². The second-order valence-electron chi connectivity index (χ2n) is 4.68. The maximum Gasteiger partial charge on any atom is 0.277 e. The Morgan fingerprint density at radius 1 is 1.09 bits per heavy atom. The van der Waals surface area contributed by atoms with Gasteiger partial charge in [-0.2, -0.15) is 0 Å². The molecule has 0 unspecified atom stereocenters. The highest BCUT2D eigenvalue weighted by Crippen LogP contribution is 2.30. The van der Waals surface area contributed by atoms with Crippen LogP contribution in [0.5, 0.6) is 0 Å². The first-order valence-electron chi connectivity index (χ1n) is 6.91. The fourth-order valence-corrected chi connectivity index (χ4v) is 2.59. The Hall–Kier alpha value is -2.49. The molecule has 0 saturated carbocycles. The van der Waals surface area contributed by atoms with Crippen molar-refractivity contribution in [2.45, 2.75) is 31.4 Å². The predicted octanol–water partition coefficient (Wildman–Crippen LogP) is 3.84. The van der Waals surface area contributed by atoms with Gasteiger partial charge in [-0.15, -0.1) is 10.2 Å². The molecule has 2 rings (SSSR count). The highest BCUT2D eigenvalue weighted by molar-refractivity contribution is 7.99. The van der Waals surface area contributed by atoms with E-state index >= 15 is 0 Å². The molecule has 0 radical (unpaired) electrons. The van der Waals surface area contributed by atoms with Gasteiger partial charge in [0.25, 0.3) is 16.6 Å². The molecular formula is C13H14N4O5S. The lowest BCUT2D eigenvalue weighted by molar-refractivity contribution is -0.394. The summed E-state index contributed by atoms with van der Waals surface area (Å²) in [6, 6.07) is 3.23. The van der Waals surface area contributed by atoms with Crippen LogP contribution in [-0.4, -0.2) is 25.8 Å². The number of nitrogens with zero attached hydrogens (tertiary/aromatic N) is 4. The van der Waals surface area contributed by atoms with Crippen molar-refractivity contribution in [2.75, 3.05) is 5.75 Å². The van der Waals surface area contributed by atoms with Crippen molar-refractivity contribution in [1.29, 1.82) is 0 Å². The number of hydrogen-bond acceptors (Lipinski definition) is 8. The summed E-state index contributed by atoms with van der Waals surface area (Å²) in [6.07, 6.45) is 3.22. The summed E-state index contributed by atoms with van der Waals surface area (Å²) in [7, 11) is 0. The van der Waals surface area contributed by atoms with Crippen molar-refractivity contribution in [2.24, 2.45) is 0 Å². The van der Waals surface area contributed by atoms with Crippen LogP contribution in [0.1, 0.15) is 26.2 Å². The number of benzene rings is 1. The topological polar surface area (TPSA) is 125 Å². The van der Waals surface area contributed by atoms with Gasteiger partial charge in [-0.05, 0) is 6.42 Å². The third-order valence-corrected chi connectivity index (χ3v) is 3.86. The van der Waals surface area contributed by atoms with Gasteiger partial charge in [0, 0.05) is 17.9 Å². The highest BCUT2D eigenvalue weighted by atomic mass is 32.2. The Labute approximate surface area is 135 Å². The van der Waals surface area contributed by atoms with Crippen molar-refractivity contribution >= 4 is 23.1 Å². The lowest BCUT2D eigenvalue weighted by Crippen LogP contribution is -1.94. The van der Waals surface area contributed by atoms with Gasteiger partial charge >= 0.3 is 0 Å². The number of hydrogen-bond donors (Lipinski definition) is 0. The Morgan fingerprint density at radius 3 is 2.30 bits per heavy atom. The molecule has 0 aliphatic heterocycles. The fourth-order valence-electron chi connectivity index (χ4n) is 1.83. The van der Waals surface area contributed by atoms with Crippen molar-refractivity contribution in [3.63, 3.8) is 0 Å². The molecule has 0 bridgehead atoms. The Balaban J connectivity index is 2.22. The predicted molar refractivity (Wildman–Crippen MR) is 83.3 cm³/mol. The van der Waals surface area contributed by atoms with Crippen molar-refractivity contribution in [3.05, 3.63) is 38.4 Å². The monoisotopic (exact) mass is 338 g/mol. The summed E-state index contributed by atoms with van der Waals surface area (Å²) < 4.78 is 5.41. The van der Waals surface area contributed by atoms with Gasteiger partial charge in [0.15, 0.2) is 0 Å². The molecule has 1 aromatic heterocycles. The van der Waals surface area contributed by atoms with E-state index < -0.39 is 21.2 Å². The normalized spacial score (nSPS) is 10.7. The lowest BCUT2D eigenvalue weighted by Gasteiger charge is -1.97. The number of rotatable bonds is 8. The first-order valence-corrected chi connectivity index (χ1v) is 7.90. The maximum atomic E-state index is 10.9. The summed E-state index contributed by atoms with van der Waals surface area (Å²) in [5.41, 5.74) is -0.645. The van der Waals surface area contributed by atoms with Gasteiger partial charge in [-0.1, -0.05) is 31.5 Å². The molecule has 0 fully saturated rings. The minimum Gasteiger partial charge on any atom is -0.411 e. The van der Waals surface area contributed by atoms with E-state index in [1.54, 1.807) is 0 Å². The number of nitro benzene ring substituents is 2. The summed E-state index contributed by atoms with van der Waals surface area (Å²) >= 11 is 1.39. The molecule has 10 heteroatoms. The van der Waals surface area contributed by atoms with Crippen LogP contribution in [0, 0.1) is 20.2 Å². The van der Waals surface area contributed by atoms with Crippen LogP contribution in [0.25, 0.3) is 11.5 Å². The molecule has 0 aliphatic carbocycles. The highest BCUT2D eigenvalue weighted by Gasteiger charge is 2.20. The van der Waals surface area contributed by atoms with Crippen LogP contribution in [0.4, 0.5) is 11.4 Å². The van der Waals surface area contributed by atoms with Crippen LogP contribution in [0.3, 0.4) is 0 Å². The average Bonchev–Trinajstić information content (AvgIpc) is 3.00. The summed E-state index contributed by atoms with van der Waals surface area (Å²) in [4.78, 5) is 20.4. The molecule has 1 aromatic carbocycles. The largest absolute Gasteiger partial charge is 0.411 e. The van der Waals surface area contributed by atoms with Crippen LogP contribution in [-0.2, 0) is 0 Å². The molecule has 23 heavy (non-hydrogen) atoms. The molecule has 0 aliphatic rings. The summed E-state index contributed by atoms with van der Waals surface area (Å²) in [5.74, 6) is 0.847. The van der Waals surface area contributed by atoms with E-state index in [4.69, 9.17) is 4.42 Å². The van der Waals surface area contributed by atoms with Gasteiger partial charge in [0.1, 0.15) is 0 Å². The first kappa shape index (κ1) is 16.9. The summed E-state index contributed by atoms with van der Waals surface area (Å²) in [5, 5.41) is 29.7. The van der Waals surface area contributed by atoms with Crippen molar-refractivity contribution in [1.82, 2.24) is 10.2 Å². The molecule has 0 atom stereocenters. The van der Waals surface area contributed by atoms with E-state index in [-0.39, 0.29) is 11.5 Å². The van der Waals surface area contributed by atoms with E-state index in [0.29, 0.717) is 5.22 Å². The van der Waals surface area contributed by atoms with E-state index in [1.807, 2.05) is 0 Å². The number of thioether (sulfide) groups is 1. The zero-order valence-corrected chi connectivity index (χ0v) is 13.1. The lowest BCUT2D eigenvalue weighted by atomic mass is 10.2. The molecular weight excluding hydrogens is 324 g/mol. The SMILES string of the molecule is CCCCCSc1nnc(-c2cc([N+](=O)[O-])cc([N+](=O)[O-])c2)o1. The van der Waals surface area contributed by atoms with Crippen molar-refractivity contribution < 1.29 is 14.3 Å². The molecule has 122 valence electrons. The Kier molecular flexibility index (Phi) is 5.63. The molecule has 0 saturated heterocycles. The molecule has 9 nitrogen and oxygen atoms in total. The van der Waals surface area contributed by atoms with Crippen LogP contribution in [0.15, 0.2) is 27.8 Å². The van der Waals surface area contributed by atoms with Gasteiger partial charge in [0.05, 0.1) is 21.5 Å². The second kappa shape index (κ2) is 7.68. The van der Waals surface area contributed by atoms with Gasteiger partial charge in [-0.3, -0.25) is 20.2 Å². The van der Waals surface area contributed by atoms with Crippen LogP contribution in [0.2, 0.25) is 0 Å². The van der Waals surface area contributed by atoms with E-state index in [2.05, 4.69) is 17.1 Å². The summed E-state index contributed by atoms with van der Waals surface area (Å²) in [6.45, 7) is 2.10. The number of aromatic nitrogens is 2. The minimum absolute atomic E-state index is 0.0230. The number of non-ortho nitro benzene ring substituents is 2. The second-order valence-corrected chi connectivity index (χ2v) is 5.73. The van der Waals surface area contributed by atoms with Gasteiger partial charge in [0.2, 0.25) is 5.89 Å². The standard InChI is InChI=1S/C13H14N4O5S/c1-2-3-4-5-23-13-15-14-12(22-13)9-6-10(16(18)19)8-11(7-9)17(20)21/h6-8H,2-5H2,1H3. The molecule has 1 heterocycles. The third-order valence-electron chi connectivity index (χ3n) is 2.95. The molecule has 0 spiro atoms. The number of unbranched alkanes of at least 4 members (excludes halogenated alkanes) is 2. The van der Waals surface area contributed by atoms with E-state index in [0.717, 1.165) is 31.1 Å². The quantitative estimate of drug-likeness (QED) is 0.307. The number of nitro groups is 2. The third kappa shape index (κ3) is 4.49. The molecule has 2 aromatic rings. The fraction of sp³-hybridized carbons (Fsp3) is 0.385. The Bertz CT molecular complexity index is 686. The van der Waals surface area contributed by atoms with E-state index in [9.17, 15) is 20.2 Å². The van der Waals surface area contributed by atoms with Gasteiger partial charge < -0.3 is 4.42 Å². The first-order chi connectivity index (χ1) is 11.0. The minimum atomic E-state index is -0.701. The Morgan fingerprint density at radius 2 is 1.74 bits per heavy atom. The van der Waals surface area contributed by atoms with Gasteiger partial charge in [-0.25, -0.2) is 0 Å².